The lowest BCUT2D eigenvalue weighted by Crippen LogP contribution is -2.34. The van der Waals surface area contributed by atoms with Gasteiger partial charge in [-0.25, -0.2) is 9.78 Å². The predicted octanol–water partition coefficient (Wildman–Crippen LogP) is 2.71. The summed E-state index contributed by atoms with van der Waals surface area (Å²) < 4.78 is 0. The van der Waals surface area contributed by atoms with Crippen LogP contribution in [0.1, 0.15) is 32.4 Å². The fraction of sp³-hybridized carbons (Fsp3) is 0.615. The van der Waals surface area contributed by atoms with Gasteiger partial charge in [-0.1, -0.05) is 13.8 Å². The summed E-state index contributed by atoms with van der Waals surface area (Å²) in [6.45, 7) is 6.27. The van der Waals surface area contributed by atoms with E-state index in [2.05, 4.69) is 15.6 Å². The molecular formula is C13H21N3O3S. The van der Waals surface area contributed by atoms with Crippen LogP contribution in [0.2, 0.25) is 0 Å². The lowest BCUT2D eigenvalue weighted by atomic mass is 9.94. The van der Waals surface area contributed by atoms with Crippen molar-refractivity contribution >= 4 is 28.5 Å². The summed E-state index contributed by atoms with van der Waals surface area (Å²) in [5, 5.41) is 16.6. The summed E-state index contributed by atoms with van der Waals surface area (Å²) in [6.07, 6.45) is 0.831. The summed E-state index contributed by atoms with van der Waals surface area (Å²) in [5.41, 5.74) is 0.855. The fourth-order valence-corrected chi connectivity index (χ4v) is 2.63. The highest BCUT2D eigenvalue weighted by atomic mass is 32.1. The maximum atomic E-state index is 11.7. The first-order chi connectivity index (χ1) is 9.36. The number of rotatable bonds is 7. The van der Waals surface area contributed by atoms with Gasteiger partial charge in [0.2, 0.25) is 0 Å². The van der Waals surface area contributed by atoms with Gasteiger partial charge in [0.1, 0.15) is 0 Å². The molecule has 1 unspecified atom stereocenters. The molecule has 1 rings (SSSR count). The molecule has 7 heteroatoms. The average Bonchev–Trinajstić information content (AvgIpc) is 2.70. The van der Waals surface area contributed by atoms with Crippen molar-refractivity contribution in [1.82, 2.24) is 10.3 Å². The van der Waals surface area contributed by atoms with E-state index in [-0.39, 0.29) is 18.4 Å². The number of thiazole rings is 1. The van der Waals surface area contributed by atoms with Crippen LogP contribution >= 0.6 is 11.3 Å². The smallest absolute Gasteiger partial charge is 0.321 e. The van der Waals surface area contributed by atoms with Gasteiger partial charge in [-0.2, -0.15) is 0 Å². The quantitative estimate of drug-likeness (QED) is 0.722. The molecule has 0 aromatic carbocycles. The molecular weight excluding hydrogens is 278 g/mol. The first-order valence-electron chi connectivity index (χ1n) is 6.55. The van der Waals surface area contributed by atoms with Gasteiger partial charge in [0.25, 0.3) is 0 Å². The summed E-state index contributed by atoms with van der Waals surface area (Å²) in [6, 6.07) is -0.349. The van der Waals surface area contributed by atoms with Gasteiger partial charge in [0.05, 0.1) is 5.69 Å². The van der Waals surface area contributed by atoms with Crippen LogP contribution in [-0.2, 0) is 4.79 Å². The number of aryl methyl sites for hydroxylation is 1. The van der Waals surface area contributed by atoms with Gasteiger partial charge < -0.3 is 10.4 Å². The number of urea groups is 1. The SMILES string of the molecule is Cc1csc(NC(=O)NCC(CC(=O)O)CC(C)C)n1. The Morgan fingerprint density at radius 1 is 1.45 bits per heavy atom. The van der Waals surface area contributed by atoms with Gasteiger partial charge >= 0.3 is 12.0 Å². The number of carboxylic acid groups (broad SMARTS) is 1. The average molecular weight is 299 g/mol. The number of hydrogen-bond donors (Lipinski definition) is 3. The zero-order chi connectivity index (χ0) is 15.1. The Balaban J connectivity index is 2.41. The zero-order valence-corrected chi connectivity index (χ0v) is 12.8. The van der Waals surface area contributed by atoms with Crippen LogP contribution in [0.5, 0.6) is 0 Å². The Hall–Kier alpha value is -1.63. The van der Waals surface area contributed by atoms with Crippen molar-refractivity contribution in [3.63, 3.8) is 0 Å². The van der Waals surface area contributed by atoms with Crippen LogP contribution < -0.4 is 10.6 Å². The van der Waals surface area contributed by atoms with Crippen LogP contribution in [0, 0.1) is 18.8 Å². The lowest BCUT2D eigenvalue weighted by molar-refractivity contribution is -0.138. The third-order valence-corrected chi connectivity index (χ3v) is 3.53. The van der Waals surface area contributed by atoms with Gasteiger partial charge in [-0.05, 0) is 25.2 Å². The molecule has 0 bridgehead atoms. The summed E-state index contributed by atoms with van der Waals surface area (Å²) >= 11 is 1.36. The molecule has 0 radical (unpaired) electrons. The van der Waals surface area contributed by atoms with Crippen molar-refractivity contribution in [2.45, 2.75) is 33.6 Å². The van der Waals surface area contributed by atoms with E-state index in [1.165, 1.54) is 11.3 Å². The maximum absolute atomic E-state index is 11.7. The minimum absolute atomic E-state index is 0.0590. The number of carbonyl (C=O) groups excluding carboxylic acids is 1. The number of nitrogens with zero attached hydrogens (tertiary/aromatic N) is 1. The van der Waals surface area contributed by atoms with Crippen LogP contribution in [-0.4, -0.2) is 28.6 Å². The molecule has 112 valence electrons. The van der Waals surface area contributed by atoms with Crippen molar-refractivity contribution in [3.05, 3.63) is 11.1 Å². The predicted molar refractivity (Wildman–Crippen MR) is 79.1 cm³/mol. The fourth-order valence-electron chi connectivity index (χ4n) is 1.94. The van der Waals surface area contributed by atoms with E-state index >= 15 is 0 Å². The molecule has 1 aromatic rings. The number of nitrogens with one attached hydrogen (secondary N) is 2. The first kappa shape index (κ1) is 16.4. The molecule has 2 amide bonds. The minimum Gasteiger partial charge on any atom is -0.481 e. The van der Waals surface area contributed by atoms with Gasteiger partial charge in [-0.3, -0.25) is 10.1 Å². The van der Waals surface area contributed by atoms with Crippen molar-refractivity contribution in [2.24, 2.45) is 11.8 Å². The topological polar surface area (TPSA) is 91.3 Å². The van der Waals surface area contributed by atoms with E-state index in [4.69, 9.17) is 5.11 Å². The van der Waals surface area contributed by atoms with Gasteiger partial charge in [0.15, 0.2) is 5.13 Å². The highest BCUT2D eigenvalue weighted by Crippen LogP contribution is 2.16. The highest BCUT2D eigenvalue weighted by molar-refractivity contribution is 7.13. The number of anilines is 1. The van der Waals surface area contributed by atoms with E-state index in [0.29, 0.717) is 17.6 Å². The van der Waals surface area contributed by atoms with Crippen LogP contribution in [0.25, 0.3) is 0 Å². The van der Waals surface area contributed by atoms with E-state index in [0.717, 1.165) is 12.1 Å². The van der Waals surface area contributed by atoms with Crippen LogP contribution in [0.3, 0.4) is 0 Å². The number of amides is 2. The molecule has 0 aliphatic carbocycles. The molecule has 0 spiro atoms. The molecule has 0 saturated heterocycles. The Morgan fingerprint density at radius 2 is 2.15 bits per heavy atom. The second-order valence-electron chi connectivity index (χ2n) is 5.22. The molecule has 0 fully saturated rings. The number of carbonyl (C=O) groups is 2. The second kappa shape index (κ2) is 7.84. The van der Waals surface area contributed by atoms with E-state index in [1.807, 2.05) is 26.2 Å². The maximum Gasteiger partial charge on any atom is 0.321 e. The second-order valence-corrected chi connectivity index (χ2v) is 6.08. The van der Waals surface area contributed by atoms with Gasteiger partial charge in [0, 0.05) is 18.3 Å². The Morgan fingerprint density at radius 3 is 2.65 bits per heavy atom. The number of carboxylic acids is 1. The molecule has 20 heavy (non-hydrogen) atoms. The van der Waals surface area contributed by atoms with Crippen molar-refractivity contribution in [2.75, 3.05) is 11.9 Å². The minimum atomic E-state index is -0.839. The summed E-state index contributed by atoms with van der Waals surface area (Å²) in [5.74, 6) is -0.504. The van der Waals surface area contributed by atoms with E-state index in [1.54, 1.807) is 0 Å². The molecule has 0 saturated carbocycles. The van der Waals surface area contributed by atoms with Crippen molar-refractivity contribution in [1.29, 1.82) is 0 Å². The normalized spacial score (nSPS) is 12.2. The number of hydrogen-bond acceptors (Lipinski definition) is 4. The Bertz CT molecular complexity index is 459. The third-order valence-electron chi connectivity index (χ3n) is 2.66. The standard InChI is InChI=1S/C13H21N3O3S/c1-8(2)4-10(5-11(17)18)6-14-12(19)16-13-15-9(3)7-20-13/h7-8,10H,4-6H2,1-3H3,(H,17,18)(H2,14,15,16,19). The van der Waals surface area contributed by atoms with E-state index in [9.17, 15) is 9.59 Å². The molecule has 3 N–H and O–H groups in total. The molecule has 0 aliphatic rings. The van der Waals surface area contributed by atoms with Crippen molar-refractivity contribution in [3.8, 4) is 0 Å². The van der Waals surface area contributed by atoms with Crippen molar-refractivity contribution < 1.29 is 14.7 Å². The van der Waals surface area contributed by atoms with Crippen LogP contribution in [0.4, 0.5) is 9.93 Å². The molecule has 6 nitrogen and oxygen atoms in total. The number of aromatic nitrogens is 1. The Kier molecular flexibility index (Phi) is 6.44. The highest BCUT2D eigenvalue weighted by Gasteiger charge is 2.16. The lowest BCUT2D eigenvalue weighted by Gasteiger charge is -2.17. The van der Waals surface area contributed by atoms with Gasteiger partial charge in [-0.15, -0.1) is 11.3 Å². The summed E-state index contributed by atoms with van der Waals surface area (Å²) in [7, 11) is 0. The molecule has 1 atom stereocenters. The Labute approximate surface area is 122 Å². The third kappa shape index (κ3) is 6.51. The molecule has 0 aliphatic heterocycles. The van der Waals surface area contributed by atoms with Crippen LogP contribution in [0.15, 0.2) is 5.38 Å². The molecule has 1 heterocycles. The summed E-state index contributed by atoms with van der Waals surface area (Å²) in [4.78, 5) is 26.6. The monoisotopic (exact) mass is 299 g/mol. The molecule has 1 aromatic heterocycles. The first-order valence-corrected chi connectivity index (χ1v) is 7.43. The largest absolute Gasteiger partial charge is 0.481 e. The number of aliphatic carboxylic acids is 1. The van der Waals surface area contributed by atoms with E-state index < -0.39 is 5.97 Å². The zero-order valence-electron chi connectivity index (χ0n) is 12.0.